The van der Waals surface area contributed by atoms with E-state index in [1.807, 2.05) is 0 Å². The first-order valence-electron chi connectivity index (χ1n) is 9.47. The number of rotatable bonds is 10. The lowest BCUT2D eigenvalue weighted by molar-refractivity contribution is 0.112. The Morgan fingerprint density at radius 3 is 2.54 bits per heavy atom. The number of aldehydes is 1. The molecule has 0 fully saturated rings. The van der Waals surface area contributed by atoms with E-state index in [2.05, 4.69) is 39.0 Å². The quantitative estimate of drug-likeness (QED) is 0.347. The van der Waals surface area contributed by atoms with Crippen LogP contribution in [0.5, 0.6) is 5.75 Å². The summed E-state index contributed by atoms with van der Waals surface area (Å²) in [6.07, 6.45) is 6.50. The Bertz CT molecular complexity index is 724. The zero-order valence-electron chi connectivity index (χ0n) is 16.1. The van der Waals surface area contributed by atoms with Crippen molar-refractivity contribution in [3.8, 4) is 5.75 Å². The van der Waals surface area contributed by atoms with Crippen LogP contribution in [0.1, 0.15) is 59.7 Å². The number of hydrogen-bond donors (Lipinski definition) is 0. The van der Waals surface area contributed by atoms with Crippen LogP contribution in [-0.2, 0) is 6.42 Å². The number of ether oxygens (including phenoxy) is 1. The van der Waals surface area contributed by atoms with Crippen LogP contribution < -0.4 is 4.74 Å². The third kappa shape index (κ3) is 6.17. The van der Waals surface area contributed by atoms with Crippen LogP contribution >= 0.6 is 11.6 Å². The van der Waals surface area contributed by atoms with E-state index < -0.39 is 0 Å². The van der Waals surface area contributed by atoms with Gasteiger partial charge in [-0.25, -0.2) is 0 Å². The Balaban J connectivity index is 1.84. The average Bonchev–Trinajstić information content (AvgIpc) is 2.63. The normalized spacial score (nSPS) is 12.0. The van der Waals surface area contributed by atoms with Gasteiger partial charge in [0.1, 0.15) is 12.0 Å². The highest BCUT2D eigenvalue weighted by Gasteiger charge is 2.10. The van der Waals surface area contributed by atoms with E-state index in [1.54, 1.807) is 18.2 Å². The van der Waals surface area contributed by atoms with Crippen LogP contribution in [0.25, 0.3) is 0 Å². The number of carbonyl (C=O) groups excluding carboxylic acids is 1. The fourth-order valence-corrected chi connectivity index (χ4v) is 3.53. The molecule has 0 radical (unpaired) electrons. The smallest absolute Gasteiger partial charge is 0.150 e. The lowest BCUT2D eigenvalue weighted by Crippen LogP contribution is -2.08. The molecule has 0 aliphatic rings. The second kappa shape index (κ2) is 10.4. The lowest BCUT2D eigenvalue weighted by atomic mass is 9.90. The van der Waals surface area contributed by atoms with E-state index >= 15 is 0 Å². The van der Waals surface area contributed by atoms with Gasteiger partial charge in [0.2, 0.25) is 0 Å². The van der Waals surface area contributed by atoms with Crippen molar-refractivity contribution in [1.82, 2.24) is 0 Å². The first-order chi connectivity index (χ1) is 12.5. The first-order valence-corrected chi connectivity index (χ1v) is 9.85. The van der Waals surface area contributed by atoms with Crippen molar-refractivity contribution >= 4 is 17.9 Å². The second-order valence-electron chi connectivity index (χ2n) is 7.08. The second-order valence-corrected chi connectivity index (χ2v) is 7.48. The van der Waals surface area contributed by atoms with Crippen molar-refractivity contribution in [1.29, 1.82) is 0 Å². The van der Waals surface area contributed by atoms with Gasteiger partial charge in [-0.05, 0) is 73.9 Å². The molecule has 26 heavy (non-hydrogen) atoms. The maximum Gasteiger partial charge on any atom is 0.150 e. The molecule has 2 rings (SSSR count). The summed E-state index contributed by atoms with van der Waals surface area (Å²) >= 11 is 6.15. The van der Waals surface area contributed by atoms with Gasteiger partial charge in [0, 0.05) is 5.56 Å². The first kappa shape index (κ1) is 20.5. The molecule has 0 saturated heterocycles. The van der Waals surface area contributed by atoms with Gasteiger partial charge in [0.25, 0.3) is 0 Å². The number of halogens is 1. The molecule has 1 unspecified atom stereocenters. The molecule has 2 aromatic carbocycles. The fraction of sp³-hybridized carbons (Fsp3) is 0.435. The average molecular weight is 373 g/mol. The monoisotopic (exact) mass is 372 g/mol. The lowest BCUT2D eigenvalue weighted by Gasteiger charge is -2.17. The van der Waals surface area contributed by atoms with Crippen molar-refractivity contribution in [2.75, 3.05) is 6.61 Å². The van der Waals surface area contributed by atoms with Gasteiger partial charge < -0.3 is 4.74 Å². The highest BCUT2D eigenvalue weighted by atomic mass is 35.5. The Hall–Kier alpha value is -1.80. The highest BCUT2D eigenvalue weighted by Crippen LogP contribution is 2.26. The van der Waals surface area contributed by atoms with Gasteiger partial charge >= 0.3 is 0 Å². The minimum absolute atomic E-state index is 0.495. The molecule has 0 bridgehead atoms. The van der Waals surface area contributed by atoms with Gasteiger partial charge in [0.15, 0.2) is 0 Å². The molecule has 0 aliphatic heterocycles. The molecule has 2 aromatic rings. The molecule has 0 amide bonds. The zero-order chi connectivity index (χ0) is 18.9. The van der Waals surface area contributed by atoms with Crippen LogP contribution in [-0.4, -0.2) is 12.9 Å². The van der Waals surface area contributed by atoms with Gasteiger partial charge in [0.05, 0.1) is 11.6 Å². The third-order valence-corrected chi connectivity index (χ3v) is 5.19. The minimum Gasteiger partial charge on any atom is -0.492 e. The molecular weight excluding hydrogens is 344 g/mol. The molecule has 1 atom stereocenters. The van der Waals surface area contributed by atoms with Crippen LogP contribution in [0.15, 0.2) is 36.4 Å². The summed E-state index contributed by atoms with van der Waals surface area (Å²) in [6, 6.07) is 11.9. The van der Waals surface area contributed by atoms with E-state index in [4.69, 9.17) is 16.3 Å². The summed E-state index contributed by atoms with van der Waals surface area (Å²) in [5.74, 6) is 1.33. The summed E-state index contributed by atoms with van der Waals surface area (Å²) in [5, 5.41) is 0.495. The predicted molar refractivity (Wildman–Crippen MR) is 110 cm³/mol. The molecule has 0 heterocycles. The molecule has 2 nitrogen and oxygen atoms in total. The minimum atomic E-state index is 0.495. The standard InChI is InChI=1S/C23H29ClO2/c1-4-6-19(14-20-9-8-17(2)18(3)13-20)7-5-12-26-23-11-10-21(16-25)15-22(23)24/h8-11,13,15-16,19H,4-7,12,14H2,1-3H3. The third-order valence-electron chi connectivity index (χ3n) is 4.90. The van der Waals surface area contributed by atoms with Crippen molar-refractivity contribution in [2.45, 2.75) is 52.9 Å². The summed E-state index contributed by atoms with van der Waals surface area (Å²) in [5.41, 5.74) is 4.72. The summed E-state index contributed by atoms with van der Waals surface area (Å²) in [6.45, 7) is 7.24. The summed E-state index contributed by atoms with van der Waals surface area (Å²) < 4.78 is 5.80. The maximum absolute atomic E-state index is 10.8. The number of carbonyl (C=O) groups is 1. The molecule has 0 saturated carbocycles. The maximum atomic E-state index is 10.8. The topological polar surface area (TPSA) is 26.3 Å². The van der Waals surface area contributed by atoms with Gasteiger partial charge in [-0.1, -0.05) is 49.6 Å². The largest absolute Gasteiger partial charge is 0.492 e. The molecule has 0 aliphatic carbocycles. The van der Waals surface area contributed by atoms with Crippen molar-refractivity contribution in [3.05, 3.63) is 63.7 Å². The van der Waals surface area contributed by atoms with E-state index in [0.717, 1.165) is 25.5 Å². The number of hydrogen-bond acceptors (Lipinski definition) is 2. The van der Waals surface area contributed by atoms with Crippen LogP contribution in [0, 0.1) is 19.8 Å². The molecular formula is C23H29ClO2. The Labute approximate surface area is 162 Å². The number of aryl methyl sites for hydroxylation is 2. The summed E-state index contributed by atoms with van der Waals surface area (Å²) in [4.78, 5) is 10.8. The fourth-order valence-electron chi connectivity index (χ4n) is 3.28. The number of benzene rings is 2. The van der Waals surface area contributed by atoms with Crippen molar-refractivity contribution < 1.29 is 9.53 Å². The van der Waals surface area contributed by atoms with Crippen LogP contribution in [0.4, 0.5) is 0 Å². The molecule has 3 heteroatoms. The van der Waals surface area contributed by atoms with E-state index in [0.29, 0.717) is 28.9 Å². The molecule has 0 N–H and O–H groups in total. The SMILES string of the molecule is CCCC(CCCOc1ccc(C=O)cc1Cl)Cc1ccc(C)c(C)c1. The Morgan fingerprint density at radius 2 is 1.88 bits per heavy atom. The van der Waals surface area contributed by atoms with Gasteiger partial charge in [-0.15, -0.1) is 0 Å². The summed E-state index contributed by atoms with van der Waals surface area (Å²) in [7, 11) is 0. The van der Waals surface area contributed by atoms with Crippen LogP contribution in [0.2, 0.25) is 5.02 Å². The van der Waals surface area contributed by atoms with E-state index in [1.165, 1.54) is 29.5 Å². The molecule has 0 aromatic heterocycles. The zero-order valence-corrected chi connectivity index (χ0v) is 16.8. The Kier molecular flexibility index (Phi) is 8.18. The highest BCUT2D eigenvalue weighted by molar-refractivity contribution is 6.32. The van der Waals surface area contributed by atoms with Crippen molar-refractivity contribution in [2.24, 2.45) is 5.92 Å². The van der Waals surface area contributed by atoms with E-state index in [-0.39, 0.29) is 0 Å². The van der Waals surface area contributed by atoms with Gasteiger partial charge in [-0.3, -0.25) is 4.79 Å². The van der Waals surface area contributed by atoms with Crippen LogP contribution in [0.3, 0.4) is 0 Å². The van der Waals surface area contributed by atoms with Crippen molar-refractivity contribution in [3.63, 3.8) is 0 Å². The van der Waals surface area contributed by atoms with Gasteiger partial charge in [-0.2, -0.15) is 0 Å². The molecule has 140 valence electrons. The van der Waals surface area contributed by atoms with E-state index in [9.17, 15) is 4.79 Å². The Morgan fingerprint density at radius 1 is 1.08 bits per heavy atom. The molecule has 0 spiro atoms. The predicted octanol–water partition coefficient (Wildman–Crippen LogP) is 6.59.